The molecule has 1 aromatic carbocycles. The van der Waals surface area contributed by atoms with Crippen molar-refractivity contribution in [1.29, 1.82) is 5.41 Å². The van der Waals surface area contributed by atoms with E-state index in [9.17, 15) is 9.90 Å². The van der Waals surface area contributed by atoms with Crippen molar-refractivity contribution in [3.63, 3.8) is 0 Å². The SMILES string of the molecule is Cc1nc(=N)nc2ncc(C(=O)c3ccccc3O)cn12. The number of hydrogen-bond acceptors (Lipinski definition) is 6. The number of phenols is 1. The van der Waals surface area contributed by atoms with Crippen molar-refractivity contribution in [2.24, 2.45) is 0 Å². The van der Waals surface area contributed by atoms with Gasteiger partial charge in [0.1, 0.15) is 11.6 Å². The fourth-order valence-electron chi connectivity index (χ4n) is 2.01. The average Bonchev–Trinajstić information content (AvgIpc) is 2.46. The van der Waals surface area contributed by atoms with Crippen LogP contribution in [0.5, 0.6) is 5.75 Å². The minimum absolute atomic E-state index is 0.0814. The van der Waals surface area contributed by atoms with Crippen LogP contribution >= 0.6 is 0 Å². The second-order valence-corrected chi connectivity index (χ2v) is 4.45. The van der Waals surface area contributed by atoms with Crippen LogP contribution in [0.25, 0.3) is 5.78 Å². The van der Waals surface area contributed by atoms with Crippen molar-refractivity contribution in [1.82, 2.24) is 19.4 Å². The lowest BCUT2D eigenvalue weighted by atomic mass is 10.1. The minimum Gasteiger partial charge on any atom is -0.507 e. The molecule has 3 aromatic rings. The molecule has 0 aliphatic heterocycles. The molecule has 0 fully saturated rings. The third-order valence-corrected chi connectivity index (χ3v) is 3.04. The number of aromatic hydroxyl groups is 1. The van der Waals surface area contributed by atoms with Crippen molar-refractivity contribution >= 4 is 11.6 Å². The molecule has 0 saturated carbocycles. The number of aryl methyl sites for hydroxylation is 1. The first-order chi connectivity index (χ1) is 10.1. The van der Waals surface area contributed by atoms with E-state index in [4.69, 9.17) is 5.41 Å². The van der Waals surface area contributed by atoms with Gasteiger partial charge in [-0.05, 0) is 19.1 Å². The third kappa shape index (κ3) is 2.25. The number of aromatic nitrogens is 4. The van der Waals surface area contributed by atoms with Crippen LogP contribution in [0.15, 0.2) is 36.7 Å². The summed E-state index contributed by atoms with van der Waals surface area (Å²) >= 11 is 0. The maximum absolute atomic E-state index is 12.4. The van der Waals surface area contributed by atoms with E-state index in [-0.39, 0.29) is 22.7 Å². The number of hydrogen-bond donors (Lipinski definition) is 2. The fourth-order valence-corrected chi connectivity index (χ4v) is 2.01. The molecule has 2 aromatic heterocycles. The number of nitrogens with one attached hydrogen (secondary N) is 1. The smallest absolute Gasteiger partial charge is 0.246 e. The Bertz CT molecular complexity index is 917. The Hall–Kier alpha value is -3.09. The maximum Gasteiger partial charge on any atom is 0.246 e. The Balaban J connectivity index is 2.16. The van der Waals surface area contributed by atoms with Gasteiger partial charge in [0.05, 0.1) is 11.1 Å². The van der Waals surface area contributed by atoms with E-state index >= 15 is 0 Å². The molecule has 0 aliphatic rings. The van der Waals surface area contributed by atoms with Gasteiger partial charge in [-0.3, -0.25) is 14.6 Å². The largest absolute Gasteiger partial charge is 0.507 e. The Labute approximate surface area is 119 Å². The first kappa shape index (κ1) is 12.9. The average molecular weight is 281 g/mol. The molecule has 2 N–H and O–H groups in total. The number of benzene rings is 1. The second-order valence-electron chi connectivity index (χ2n) is 4.45. The van der Waals surface area contributed by atoms with Gasteiger partial charge in [0.25, 0.3) is 0 Å². The number of fused-ring (bicyclic) bond motifs is 1. The maximum atomic E-state index is 12.4. The Morgan fingerprint density at radius 1 is 1.29 bits per heavy atom. The molecular formula is C14H11N5O2. The number of ketones is 1. The van der Waals surface area contributed by atoms with Crippen LogP contribution in [0.4, 0.5) is 0 Å². The lowest BCUT2D eigenvalue weighted by Gasteiger charge is -2.06. The molecule has 0 spiro atoms. The standard InChI is InChI=1S/C14H11N5O2/c1-8-17-13(15)18-14-16-6-9(7-19(8)14)12(21)10-4-2-3-5-11(10)20/h2-7,15,20H,1H3. The minimum atomic E-state index is -0.343. The molecule has 7 heteroatoms. The van der Waals surface area contributed by atoms with E-state index in [1.165, 1.54) is 16.7 Å². The zero-order valence-corrected chi connectivity index (χ0v) is 11.1. The summed E-state index contributed by atoms with van der Waals surface area (Å²) in [7, 11) is 0. The van der Waals surface area contributed by atoms with Gasteiger partial charge in [-0.25, -0.2) is 4.98 Å². The molecule has 2 heterocycles. The quantitative estimate of drug-likeness (QED) is 0.677. The summed E-state index contributed by atoms with van der Waals surface area (Å²) in [6, 6.07) is 6.32. The highest BCUT2D eigenvalue weighted by molar-refractivity contribution is 6.10. The van der Waals surface area contributed by atoms with E-state index in [0.29, 0.717) is 17.2 Å². The summed E-state index contributed by atoms with van der Waals surface area (Å²) in [6.45, 7) is 1.70. The van der Waals surface area contributed by atoms with Gasteiger partial charge in [0.15, 0.2) is 5.78 Å². The predicted molar refractivity (Wildman–Crippen MR) is 72.9 cm³/mol. The van der Waals surface area contributed by atoms with Crippen LogP contribution in [-0.2, 0) is 0 Å². The third-order valence-electron chi connectivity index (χ3n) is 3.04. The summed E-state index contributed by atoms with van der Waals surface area (Å²) in [4.78, 5) is 24.3. The molecule has 0 saturated heterocycles. The van der Waals surface area contributed by atoms with Crippen molar-refractivity contribution in [3.8, 4) is 5.75 Å². The van der Waals surface area contributed by atoms with Crippen molar-refractivity contribution in [2.75, 3.05) is 0 Å². The van der Waals surface area contributed by atoms with E-state index in [1.807, 2.05) is 0 Å². The van der Waals surface area contributed by atoms with Crippen LogP contribution in [0.1, 0.15) is 21.7 Å². The molecule has 0 atom stereocenters. The first-order valence-corrected chi connectivity index (χ1v) is 6.16. The van der Waals surface area contributed by atoms with Gasteiger partial charge in [0, 0.05) is 12.4 Å². The van der Waals surface area contributed by atoms with Gasteiger partial charge in [-0.1, -0.05) is 12.1 Å². The fraction of sp³-hybridized carbons (Fsp3) is 0.0714. The highest BCUT2D eigenvalue weighted by Crippen LogP contribution is 2.19. The Morgan fingerprint density at radius 2 is 2.05 bits per heavy atom. The number of phenolic OH excluding ortho intramolecular Hbond substituents is 1. The number of rotatable bonds is 2. The monoisotopic (exact) mass is 281 g/mol. The normalized spacial score (nSPS) is 10.7. The number of carbonyl (C=O) groups is 1. The summed E-state index contributed by atoms with van der Waals surface area (Å²) in [6.07, 6.45) is 2.92. The molecule has 7 nitrogen and oxygen atoms in total. The van der Waals surface area contributed by atoms with Gasteiger partial charge in [-0.15, -0.1) is 0 Å². The number of para-hydroxylation sites is 1. The molecule has 0 aliphatic carbocycles. The molecule has 0 bridgehead atoms. The molecule has 0 radical (unpaired) electrons. The molecule has 21 heavy (non-hydrogen) atoms. The summed E-state index contributed by atoms with van der Waals surface area (Å²) in [5.74, 6) is 0.372. The van der Waals surface area contributed by atoms with E-state index in [1.54, 1.807) is 31.3 Å². The topological polar surface area (TPSA) is 104 Å². The summed E-state index contributed by atoms with van der Waals surface area (Å²) in [5.41, 5.74) is 0.383. The molecule has 0 amide bonds. The van der Waals surface area contributed by atoms with Crippen LogP contribution in [0, 0.1) is 12.3 Å². The number of nitrogens with zero attached hydrogens (tertiary/aromatic N) is 4. The Morgan fingerprint density at radius 3 is 2.81 bits per heavy atom. The zero-order chi connectivity index (χ0) is 15.0. The summed E-state index contributed by atoms with van der Waals surface area (Å²) in [5, 5.41) is 17.2. The van der Waals surface area contributed by atoms with Gasteiger partial charge in [-0.2, -0.15) is 9.97 Å². The highest BCUT2D eigenvalue weighted by atomic mass is 16.3. The van der Waals surface area contributed by atoms with Gasteiger partial charge < -0.3 is 5.11 Å². The highest BCUT2D eigenvalue weighted by Gasteiger charge is 2.14. The molecule has 3 rings (SSSR count). The molecule has 0 unspecified atom stereocenters. The number of carbonyl (C=O) groups excluding carboxylic acids is 1. The van der Waals surface area contributed by atoms with Crippen molar-refractivity contribution in [3.05, 3.63) is 59.2 Å². The summed E-state index contributed by atoms with van der Waals surface area (Å²) < 4.78 is 1.53. The van der Waals surface area contributed by atoms with E-state index < -0.39 is 0 Å². The lowest BCUT2D eigenvalue weighted by Crippen LogP contribution is -2.18. The lowest BCUT2D eigenvalue weighted by molar-refractivity contribution is 0.103. The Kier molecular flexibility index (Phi) is 2.94. The van der Waals surface area contributed by atoms with E-state index in [0.717, 1.165) is 0 Å². The van der Waals surface area contributed by atoms with Crippen molar-refractivity contribution < 1.29 is 9.90 Å². The molecular weight excluding hydrogens is 270 g/mol. The first-order valence-electron chi connectivity index (χ1n) is 6.16. The predicted octanol–water partition coefficient (Wildman–Crippen LogP) is 0.849. The van der Waals surface area contributed by atoms with Gasteiger partial charge in [0.2, 0.25) is 11.4 Å². The second kappa shape index (κ2) is 4.78. The van der Waals surface area contributed by atoms with Crippen molar-refractivity contribution in [2.45, 2.75) is 6.92 Å². The van der Waals surface area contributed by atoms with E-state index in [2.05, 4.69) is 15.0 Å². The van der Waals surface area contributed by atoms with Crippen LogP contribution in [0.3, 0.4) is 0 Å². The van der Waals surface area contributed by atoms with Crippen LogP contribution < -0.4 is 5.62 Å². The molecule has 104 valence electrons. The van der Waals surface area contributed by atoms with Gasteiger partial charge >= 0.3 is 0 Å². The van der Waals surface area contributed by atoms with Crippen LogP contribution in [0.2, 0.25) is 0 Å². The van der Waals surface area contributed by atoms with Crippen LogP contribution in [-0.4, -0.2) is 30.2 Å². The zero-order valence-electron chi connectivity index (χ0n) is 11.1.